The summed E-state index contributed by atoms with van der Waals surface area (Å²) in [4.78, 5) is 0. The first-order chi connectivity index (χ1) is 8.81. The highest BCUT2D eigenvalue weighted by Gasteiger charge is 2.09. The van der Waals surface area contributed by atoms with Crippen LogP contribution in [-0.2, 0) is 6.42 Å². The van der Waals surface area contributed by atoms with E-state index in [1.165, 1.54) is 0 Å². The van der Waals surface area contributed by atoms with E-state index >= 15 is 0 Å². The van der Waals surface area contributed by atoms with E-state index in [9.17, 15) is 0 Å². The van der Waals surface area contributed by atoms with Gasteiger partial charge in [-0.05, 0) is 24.1 Å². The average molecular weight is 261 g/mol. The maximum absolute atomic E-state index is 5.77. The SMILES string of the molecule is CSCCc1[nH]nc(N)c1N=Nc1ccccc1. The van der Waals surface area contributed by atoms with Crippen LogP contribution in [0.1, 0.15) is 5.69 Å². The highest BCUT2D eigenvalue weighted by Crippen LogP contribution is 2.27. The summed E-state index contributed by atoms with van der Waals surface area (Å²) in [6, 6.07) is 9.56. The first-order valence-electron chi connectivity index (χ1n) is 5.59. The molecule has 0 amide bonds. The van der Waals surface area contributed by atoms with Gasteiger partial charge in [-0.15, -0.1) is 5.11 Å². The number of thioether (sulfide) groups is 1. The molecule has 0 saturated heterocycles. The number of aromatic amines is 1. The average Bonchev–Trinajstić information content (AvgIpc) is 2.76. The molecule has 0 radical (unpaired) electrons. The summed E-state index contributed by atoms with van der Waals surface area (Å²) >= 11 is 1.77. The lowest BCUT2D eigenvalue weighted by Crippen LogP contribution is -1.88. The molecule has 0 saturated carbocycles. The minimum Gasteiger partial charge on any atom is -0.380 e. The first kappa shape index (κ1) is 12.6. The molecule has 3 N–H and O–H groups in total. The fourth-order valence-electron chi connectivity index (χ4n) is 1.48. The molecule has 0 fully saturated rings. The third-order valence-corrected chi connectivity index (χ3v) is 3.03. The van der Waals surface area contributed by atoms with Gasteiger partial charge in [0.15, 0.2) is 11.5 Å². The lowest BCUT2D eigenvalue weighted by molar-refractivity contribution is 0.981. The number of benzene rings is 1. The minimum absolute atomic E-state index is 0.394. The number of rotatable bonds is 5. The van der Waals surface area contributed by atoms with Crippen LogP contribution in [0.25, 0.3) is 0 Å². The molecule has 0 bridgehead atoms. The quantitative estimate of drug-likeness (QED) is 0.810. The molecule has 0 unspecified atom stereocenters. The second kappa shape index (κ2) is 6.20. The normalized spacial score (nSPS) is 11.2. The van der Waals surface area contributed by atoms with Gasteiger partial charge in [-0.25, -0.2) is 0 Å². The number of anilines is 1. The number of aromatic nitrogens is 2. The standard InChI is InChI=1S/C12H15N5S/c1-18-8-7-10-11(12(13)17-15-10)16-14-9-5-3-2-4-6-9/h2-6H,7-8H2,1H3,(H3,13,15,17). The smallest absolute Gasteiger partial charge is 0.173 e. The van der Waals surface area contributed by atoms with Crippen molar-refractivity contribution in [3.05, 3.63) is 36.0 Å². The molecule has 5 nitrogen and oxygen atoms in total. The molecule has 0 atom stereocenters. The summed E-state index contributed by atoms with van der Waals surface area (Å²) in [5.74, 6) is 1.39. The summed E-state index contributed by atoms with van der Waals surface area (Å²) in [6.45, 7) is 0. The second-order valence-corrected chi connectivity index (χ2v) is 4.70. The van der Waals surface area contributed by atoms with Gasteiger partial charge in [-0.2, -0.15) is 22.0 Å². The lowest BCUT2D eigenvalue weighted by Gasteiger charge is -1.97. The third kappa shape index (κ3) is 3.10. The van der Waals surface area contributed by atoms with Crippen molar-refractivity contribution >= 4 is 29.0 Å². The minimum atomic E-state index is 0.394. The number of nitrogens with zero attached hydrogens (tertiary/aromatic N) is 3. The van der Waals surface area contributed by atoms with Gasteiger partial charge < -0.3 is 5.73 Å². The van der Waals surface area contributed by atoms with Crippen molar-refractivity contribution in [3.63, 3.8) is 0 Å². The highest BCUT2D eigenvalue weighted by atomic mass is 32.2. The summed E-state index contributed by atoms with van der Waals surface area (Å²) in [7, 11) is 0. The Balaban J connectivity index is 2.18. The topological polar surface area (TPSA) is 79.4 Å². The molecule has 1 aromatic heterocycles. The zero-order valence-electron chi connectivity index (χ0n) is 10.1. The Morgan fingerprint density at radius 2 is 2.06 bits per heavy atom. The summed E-state index contributed by atoms with van der Waals surface area (Å²) in [5, 5.41) is 15.2. The van der Waals surface area contributed by atoms with Crippen LogP contribution in [-0.4, -0.2) is 22.2 Å². The molecule has 94 valence electrons. The van der Waals surface area contributed by atoms with Crippen molar-refractivity contribution in [1.29, 1.82) is 0 Å². The summed E-state index contributed by atoms with van der Waals surface area (Å²) in [6.07, 6.45) is 2.92. The van der Waals surface area contributed by atoms with Gasteiger partial charge in [0.2, 0.25) is 0 Å². The van der Waals surface area contributed by atoms with Gasteiger partial charge in [-0.3, -0.25) is 5.10 Å². The zero-order valence-corrected chi connectivity index (χ0v) is 10.9. The fraction of sp³-hybridized carbons (Fsp3) is 0.250. The van der Waals surface area contributed by atoms with Gasteiger partial charge in [-0.1, -0.05) is 18.2 Å². The summed E-state index contributed by atoms with van der Waals surface area (Å²) < 4.78 is 0. The van der Waals surface area contributed by atoms with Crippen LogP contribution in [0.15, 0.2) is 40.6 Å². The van der Waals surface area contributed by atoms with Crippen molar-refractivity contribution in [2.75, 3.05) is 17.7 Å². The van der Waals surface area contributed by atoms with Crippen LogP contribution in [0.3, 0.4) is 0 Å². The van der Waals surface area contributed by atoms with E-state index in [0.717, 1.165) is 23.6 Å². The summed E-state index contributed by atoms with van der Waals surface area (Å²) in [5.41, 5.74) is 8.15. The zero-order chi connectivity index (χ0) is 12.8. The van der Waals surface area contributed by atoms with Crippen LogP contribution in [0.2, 0.25) is 0 Å². The molecule has 1 aromatic carbocycles. The maximum atomic E-state index is 5.77. The van der Waals surface area contributed by atoms with E-state index in [1.54, 1.807) is 11.8 Å². The third-order valence-electron chi connectivity index (χ3n) is 2.42. The number of azo groups is 1. The molecule has 0 aliphatic heterocycles. The molecule has 0 spiro atoms. The fourth-order valence-corrected chi connectivity index (χ4v) is 1.89. The van der Waals surface area contributed by atoms with Gasteiger partial charge >= 0.3 is 0 Å². The predicted molar refractivity (Wildman–Crippen MR) is 75.7 cm³/mol. The van der Waals surface area contributed by atoms with Crippen molar-refractivity contribution in [1.82, 2.24) is 10.2 Å². The van der Waals surface area contributed by atoms with Gasteiger partial charge in [0.05, 0.1) is 11.4 Å². The number of nitrogens with one attached hydrogen (secondary N) is 1. The van der Waals surface area contributed by atoms with Gasteiger partial charge in [0.1, 0.15) is 0 Å². The van der Waals surface area contributed by atoms with Crippen LogP contribution >= 0.6 is 11.8 Å². The van der Waals surface area contributed by atoms with Gasteiger partial charge in [0.25, 0.3) is 0 Å². The number of hydrogen-bond acceptors (Lipinski definition) is 5. The van der Waals surface area contributed by atoms with E-state index in [2.05, 4.69) is 26.7 Å². The van der Waals surface area contributed by atoms with Crippen LogP contribution in [0.4, 0.5) is 17.2 Å². The highest BCUT2D eigenvalue weighted by molar-refractivity contribution is 7.98. The number of nitrogen functional groups attached to an aromatic ring is 1. The Bertz CT molecular complexity index is 521. The van der Waals surface area contributed by atoms with Crippen molar-refractivity contribution in [2.24, 2.45) is 10.2 Å². The Labute approximate surface area is 110 Å². The molecule has 0 aliphatic carbocycles. The molecular weight excluding hydrogens is 246 g/mol. The van der Waals surface area contributed by atoms with E-state index in [1.807, 2.05) is 30.3 Å². The molecule has 6 heteroatoms. The number of hydrogen-bond donors (Lipinski definition) is 2. The Kier molecular flexibility index (Phi) is 4.35. The molecule has 2 aromatic rings. The molecule has 1 heterocycles. The maximum Gasteiger partial charge on any atom is 0.173 e. The first-order valence-corrected chi connectivity index (χ1v) is 6.99. The number of H-pyrrole nitrogens is 1. The van der Waals surface area contributed by atoms with Crippen LogP contribution < -0.4 is 5.73 Å². The van der Waals surface area contributed by atoms with Crippen molar-refractivity contribution in [2.45, 2.75) is 6.42 Å². The van der Waals surface area contributed by atoms with E-state index < -0.39 is 0 Å². The lowest BCUT2D eigenvalue weighted by atomic mass is 10.3. The van der Waals surface area contributed by atoms with Crippen LogP contribution in [0.5, 0.6) is 0 Å². The Hall–Kier alpha value is -1.82. The number of aryl methyl sites for hydroxylation is 1. The van der Waals surface area contributed by atoms with E-state index in [-0.39, 0.29) is 0 Å². The monoisotopic (exact) mass is 261 g/mol. The van der Waals surface area contributed by atoms with E-state index in [0.29, 0.717) is 11.5 Å². The van der Waals surface area contributed by atoms with Gasteiger partial charge in [0, 0.05) is 6.42 Å². The predicted octanol–water partition coefficient (Wildman–Crippen LogP) is 3.31. The molecule has 0 aliphatic rings. The van der Waals surface area contributed by atoms with Crippen LogP contribution in [0, 0.1) is 0 Å². The van der Waals surface area contributed by atoms with Crippen molar-refractivity contribution in [3.8, 4) is 0 Å². The molecule has 18 heavy (non-hydrogen) atoms. The molecule has 2 rings (SSSR count). The second-order valence-electron chi connectivity index (χ2n) is 3.71. The Morgan fingerprint density at radius 1 is 1.28 bits per heavy atom. The molecular formula is C12H15N5S. The Morgan fingerprint density at radius 3 is 2.78 bits per heavy atom. The van der Waals surface area contributed by atoms with Crippen molar-refractivity contribution < 1.29 is 0 Å². The number of nitrogens with two attached hydrogens (primary N) is 1. The van der Waals surface area contributed by atoms with E-state index in [4.69, 9.17) is 5.73 Å². The largest absolute Gasteiger partial charge is 0.380 e.